The summed E-state index contributed by atoms with van der Waals surface area (Å²) in [4.78, 5) is 29.0. The summed E-state index contributed by atoms with van der Waals surface area (Å²) in [6.07, 6.45) is 5.23. The van der Waals surface area contributed by atoms with Gasteiger partial charge in [-0.25, -0.2) is 20.0 Å². The molecule has 1 aromatic carbocycles. The molecule has 5 atom stereocenters. The lowest BCUT2D eigenvalue weighted by molar-refractivity contribution is -0.149. The largest absolute Gasteiger partial charge is 0.462 e. The molecule has 0 radical (unpaired) electrons. The summed E-state index contributed by atoms with van der Waals surface area (Å²) in [5, 5.41) is 5.52. The molecule has 3 aromatic rings. The highest BCUT2D eigenvalue weighted by atomic mass is 35.5. The average molecular weight is 612 g/mol. The summed E-state index contributed by atoms with van der Waals surface area (Å²) in [6, 6.07) is 6.31. The van der Waals surface area contributed by atoms with E-state index in [9.17, 15) is 4.79 Å². The molecule has 0 spiro atoms. The highest BCUT2D eigenvalue weighted by Crippen LogP contribution is 2.41. The van der Waals surface area contributed by atoms with Gasteiger partial charge >= 0.3 is 14.5 Å². The first-order valence-electron chi connectivity index (χ1n) is 12.8. The van der Waals surface area contributed by atoms with Crippen LogP contribution in [0.5, 0.6) is 5.75 Å². The summed E-state index contributed by atoms with van der Waals surface area (Å²) in [6.45, 7) is 7.70. The fraction of sp³-hybridized carbons (Fsp3) is 0.520. The number of fused-ring (bicyclic) bond motifs is 1. The fourth-order valence-corrected chi connectivity index (χ4v) is 5.90. The normalized spacial score (nSPS) is 20.6. The van der Waals surface area contributed by atoms with Crippen molar-refractivity contribution in [1.82, 2.24) is 29.4 Å². The zero-order valence-electron chi connectivity index (χ0n) is 23.3. The first-order valence-corrected chi connectivity index (χ1v) is 15.6. The first-order chi connectivity index (χ1) is 19.2. The van der Waals surface area contributed by atoms with E-state index < -0.39 is 14.6 Å². The molecule has 2 N–H and O–H groups in total. The first kappa shape index (κ1) is 30.7. The number of ether oxygens (including phenoxy) is 2. The maximum Gasteiger partial charge on any atom is 0.323 e. The number of nitrogens with one attached hydrogen (secondary N) is 2. The van der Waals surface area contributed by atoms with Crippen LogP contribution in [0.3, 0.4) is 0 Å². The van der Waals surface area contributed by atoms with Crippen molar-refractivity contribution in [3.05, 3.63) is 41.9 Å². The Balaban J connectivity index is 1.44. The van der Waals surface area contributed by atoms with Crippen molar-refractivity contribution in [2.45, 2.75) is 58.6 Å². The molecule has 3 heterocycles. The van der Waals surface area contributed by atoms with Gasteiger partial charge in [0.05, 0.1) is 25.1 Å². The van der Waals surface area contributed by atoms with Gasteiger partial charge in [-0.2, -0.15) is 4.83 Å². The number of carbonyl (C=O) groups is 1. The molecule has 0 bridgehead atoms. The summed E-state index contributed by atoms with van der Waals surface area (Å²) >= 11 is 7.48. The standard InChI is InChI=1S/C25H35ClN7O5PS/c1-15(2)36-25(34)17(4)30-39(38-19-9-7-18(26)8-10-19)35-12-20-11-16(3)24(37-20)33-14-29-21-22(32(5)31-40-6)27-13-28-23(21)33/h7-10,13-17,20,24,30-31H,11-12H2,1-6H3. The molecule has 1 saturated heterocycles. The van der Waals surface area contributed by atoms with E-state index in [1.54, 1.807) is 56.4 Å². The second-order valence-electron chi connectivity index (χ2n) is 9.67. The third-order valence-corrected chi connectivity index (χ3v) is 8.06. The lowest BCUT2D eigenvalue weighted by atomic mass is 10.1. The zero-order chi connectivity index (χ0) is 28.8. The fourth-order valence-electron chi connectivity index (χ4n) is 4.19. The van der Waals surface area contributed by atoms with Crippen LogP contribution in [0.25, 0.3) is 11.2 Å². The maximum atomic E-state index is 12.4. The van der Waals surface area contributed by atoms with Gasteiger partial charge in [-0.05, 0) is 57.7 Å². The molecular weight excluding hydrogens is 577 g/mol. The lowest BCUT2D eigenvalue weighted by Crippen LogP contribution is -2.35. The molecule has 40 heavy (non-hydrogen) atoms. The number of nitrogens with zero attached hydrogens (tertiary/aromatic N) is 5. The molecule has 5 unspecified atom stereocenters. The Bertz CT molecular complexity index is 1270. The van der Waals surface area contributed by atoms with Crippen LogP contribution in [-0.4, -0.2) is 63.6 Å². The van der Waals surface area contributed by atoms with Gasteiger partial charge in [-0.3, -0.25) is 14.4 Å². The Kier molecular flexibility index (Phi) is 10.8. The summed E-state index contributed by atoms with van der Waals surface area (Å²) in [5.74, 6) is 1.02. The van der Waals surface area contributed by atoms with Crippen molar-refractivity contribution in [2.24, 2.45) is 5.92 Å². The lowest BCUT2D eigenvalue weighted by Gasteiger charge is -2.23. The number of benzene rings is 1. The summed E-state index contributed by atoms with van der Waals surface area (Å²) < 4.78 is 25.9. The van der Waals surface area contributed by atoms with Crippen LogP contribution in [0.15, 0.2) is 36.9 Å². The third kappa shape index (κ3) is 7.73. The molecule has 0 aliphatic carbocycles. The van der Waals surface area contributed by atoms with E-state index in [1.807, 2.05) is 17.9 Å². The van der Waals surface area contributed by atoms with Gasteiger partial charge < -0.3 is 18.5 Å². The van der Waals surface area contributed by atoms with Crippen molar-refractivity contribution >= 4 is 55.0 Å². The molecule has 12 nitrogen and oxygen atoms in total. The topological polar surface area (TPSA) is 125 Å². The van der Waals surface area contributed by atoms with Gasteiger partial charge in [-0.1, -0.05) is 30.5 Å². The average Bonchev–Trinajstić information content (AvgIpc) is 3.50. The molecule has 2 aromatic heterocycles. The van der Waals surface area contributed by atoms with Crippen LogP contribution in [0.4, 0.5) is 5.82 Å². The van der Waals surface area contributed by atoms with Crippen LogP contribution in [0.1, 0.15) is 40.3 Å². The van der Waals surface area contributed by atoms with E-state index in [0.29, 0.717) is 27.8 Å². The van der Waals surface area contributed by atoms with E-state index in [4.69, 9.17) is 30.1 Å². The summed E-state index contributed by atoms with van der Waals surface area (Å²) in [5.41, 5.74) is 1.36. The maximum absolute atomic E-state index is 12.4. The Morgan fingerprint density at radius 2 is 2.02 bits per heavy atom. The second kappa shape index (κ2) is 14.1. The number of halogens is 1. The van der Waals surface area contributed by atoms with Gasteiger partial charge in [0.15, 0.2) is 17.0 Å². The Labute approximate surface area is 244 Å². The predicted molar refractivity (Wildman–Crippen MR) is 157 cm³/mol. The SMILES string of the molecule is CSNN(C)c1ncnc2c1ncn2C1OC(COP(NC(C)C(=O)OC(C)C)Oc2ccc(Cl)cc2)CC1C. The minimum atomic E-state index is -1.70. The van der Waals surface area contributed by atoms with Crippen LogP contribution >= 0.6 is 32.1 Å². The van der Waals surface area contributed by atoms with Crippen LogP contribution < -0.4 is 19.5 Å². The van der Waals surface area contributed by atoms with Crippen LogP contribution in [0.2, 0.25) is 5.02 Å². The number of aromatic nitrogens is 4. The van der Waals surface area contributed by atoms with Crippen LogP contribution in [0, 0.1) is 5.92 Å². The second-order valence-corrected chi connectivity index (χ2v) is 11.9. The van der Waals surface area contributed by atoms with Gasteiger partial charge in [0, 0.05) is 18.0 Å². The number of hydrogen-bond acceptors (Lipinski definition) is 12. The quantitative estimate of drug-likeness (QED) is 0.118. The highest BCUT2D eigenvalue weighted by molar-refractivity contribution is 7.96. The van der Waals surface area contributed by atoms with E-state index in [0.717, 1.165) is 6.42 Å². The Hall–Kier alpha value is -2.25. The number of anilines is 1. The molecule has 218 valence electrons. The molecule has 15 heteroatoms. The minimum absolute atomic E-state index is 0.169. The number of hydrogen-bond donors (Lipinski definition) is 2. The molecule has 0 saturated carbocycles. The third-order valence-electron chi connectivity index (χ3n) is 6.00. The Morgan fingerprint density at radius 3 is 2.73 bits per heavy atom. The highest BCUT2D eigenvalue weighted by Gasteiger charge is 2.36. The monoisotopic (exact) mass is 611 g/mol. The number of carbonyl (C=O) groups excluding carboxylic acids is 1. The minimum Gasteiger partial charge on any atom is -0.462 e. The van der Waals surface area contributed by atoms with Crippen molar-refractivity contribution in [2.75, 3.05) is 24.9 Å². The van der Waals surface area contributed by atoms with Crippen molar-refractivity contribution in [3.63, 3.8) is 0 Å². The van der Waals surface area contributed by atoms with E-state index in [2.05, 4.69) is 31.8 Å². The number of rotatable bonds is 13. The van der Waals surface area contributed by atoms with Gasteiger partial charge in [0.25, 0.3) is 0 Å². The van der Waals surface area contributed by atoms with Gasteiger partial charge in [-0.15, -0.1) is 0 Å². The number of hydrazine groups is 1. The van der Waals surface area contributed by atoms with E-state index >= 15 is 0 Å². The zero-order valence-corrected chi connectivity index (χ0v) is 25.7. The van der Waals surface area contributed by atoms with Gasteiger partial charge in [0.2, 0.25) is 0 Å². The smallest absolute Gasteiger partial charge is 0.323 e. The predicted octanol–water partition coefficient (Wildman–Crippen LogP) is 4.87. The molecular formula is C25H35ClN7O5PS. The van der Waals surface area contributed by atoms with Crippen LogP contribution in [-0.2, 0) is 18.8 Å². The van der Waals surface area contributed by atoms with E-state index in [1.165, 1.54) is 18.3 Å². The van der Waals surface area contributed by atoms with Crippen molar-refractivity contribution < 1.29 is 23.3 Å². The van der Waals surface area contributed by atoms with Gasteiger partial charge in [0.1, 0.15) is 24.3 Å². The molecule has 1 aliphatic heterocycles. The molecule has 1 fully saturated rings. The van der Waals surface area contributed by atoms with E-state index in [-0.39, 0.29) is 36.9 Å². The molecule has 1 aliphatic rings. The molecule has 4 rings (SSSR count). The summed E-state index contributed by atoms with van der Waals surface area (Å²) in [7, 11) is 0.171. The molecule has 0 amide bonds. The number of imidazole rings is 1. The van der Waals surface area contributed by atoms with Crippen molar-refractivity contribution in [3.8, 4) is 5.75 Å². The van der Waals surface area contributed by atoms with Crippen molar-refractivity contribution in [1.29, 1.82) is 0 Å². The number of esters is 1. The Morgan fingerprint density at radius 1 is 1.27 bits per heavy atom.